The van der Waals surface area contributed by atoms with Gasteiger partial charge in [0.15, 0.2) is 0 Å². The van der Waals surface area contributed by atoms with Gasteiger partial charge in [-0.2, -0.15) is 0 Å². The number of likely N-dealkylation sites (tertiary alicyclic amines) is 1. The lowest BCUT2D eigenvalue weighted by atomic mass is 9.77. The molecule has 5 rings (SSSR count). The monoisotopic (exact) mass is 486 g/mol. The van der Waals surface area contributed by atoms with Crippen LogP contribution in [0.25, 0.3) is 0 Å². The molecule has 35 heavy (non-hydrogen) atoms. The number of esters is 1. The second-order valence-corrected chi connectivity index (χ2v) is 10.6. The van der Waals surface area contributed by atoms with Crippen molar-refractivity contribution in [2.24, 2.45) is 11.8 Å². The summed E-state index contributed by atoms with van der Waals surface area (Å²) in [6, 6.07) is -1.29. The highest BCUT2D eigenvalue weighted by Crippen LogP contribution is 2.54. The molecule has 5 aliphatic rings. The van der Waals surface area contributed by atoms with E-state index >= 15 is 0 Å². The number of aliphatic hydroxyl groups excluding tert-OH is 1. The molecule has 2 amide bonds. The summed E-state index contributed by atoms with van der Waals surface area (Å²) in [6.45, 7) is 2.43. The number of aliphatic hydroxyl groups is 1. The number of ether oxygens (including phenoxy) is 2. The third-order valence-corrected chi connectivity index (χ3v) is 8.66. The SMILES string of the molecule is CC[C@@H](CO)N1C(=O)[C@@H]2[C@H]3C(=O)OCCCC/C=C\[C@H]3O[C@@]23C=CCN(C2CCCCC2)C(=O)C13. The smallest absolute Gasteiger partial charge is 0.312 e. The summed E-state index contributed by atoms with van der Waals surface area (Å²) in [5.41, 5.74) is -1.26. The van der Waals surface area contributed by atoms with Crippen molar-refractivity contribution in [2.45, 2.75) is 94.5 Å². The van der Waals surface area contributed by atoms with E-state index in [2.05, 4.69) is 0 Å². The molecule has 0 aromatic carbocycles. The van der Waals surface area contributed by atoms with Gasteiger partial charge in [-0.15, -0.1) is 0 Å². The fourth-order valence-corrected chi connectivity index (χ4v) is 6.90. The van der Waals surface area contributed by atoms with Gasteiger partial charge in [0.25, 0.3) is 0 Å². The number of allylic oxidation sites excluding steroid dienone is 1. The minimum Gasteiger partial charge on any atom is -0.465 e. The topological polar surface area (TPSA) is 96.4 Å². The summed E-state index contributed by atoms with van der Waals surface area (Å²) >= 11 is 0. The Labute approximate surface area is 207 Å². The van der Waals surface area contributed by atoms with Crippen LogP contribution >= 0.6 is 0 Å². The predicted molar refractivity (Wildman–Crippen MR) is 128 cm³/mol. The first kappa shape index (κ1) is 24.5. The number of carbonyl (C=O) groups excluding carboxylic acids is 3. The first-order valence-corrected chi connectivity index (χ1v) is 13.5. The zero-order valence-electron chi connectivity index (χ0n) is 20.6. The third kappa shape index (κ3) is 4.02. The largest absolute Gasteiger partial charge is 0.465 e. The van der Waals surface area contributed by atoms with Crippen LogP contribution in [0.4, 0.5) is 0 Å². The van der Waals surface area contributed by atoms with Crippen molar-refractivity contribution in [3.63, 3.8) is 0 Å². The molecule has 192 valence electrons. The van der Waals surface area contributed by atoms with Gasteiger partial charge in [0.05, 0.1) is 31.3 Å². The fraction of sp³-hybridized carbons (Fsp3) is 0.741. The predicted octanol–water partition coefficient (Wildman–Crippen LogP) is 2.35. The lowest BCUT2D eigenvalue weighted by Crippen LogP contribution is -2.59. The number of amides is 2. The number of hydrogen-bond acceptors (Lipinski definition) is 6. The molecular formula is C27H38N2O6. The van der Waals surface area contributed by atoms with Gasteiger partial charge >= 0.3 is 5.97 Å². The Bertz CT molecular complexity index is 892. The van der Waals surface area contributed by atoms with Crippen molar-refractivity contribution < 1.29 is 29.0 Å². The Morgan fingerprint density at radius 3 is 2.63 bits per heavy atom. The molecular weight excluding hydrogens is 448 g/mol. The summed E-state index contributed by atoms with van der Waals surface area (Å²) in [4.78, 5) is 45.1. The second-order valence-electron chi connectivity index (χ2n) is 10.6. The van der Waals surface area contributed by atoms with E-state index in [1.807, 2.05) is 36.1 Å². The Morgan fingerprint density at radius 1 is 1.09 bits per heavy atom. The normalized spacial score (nSPS) is 37.8. The zero-order chi connectivity index (χ0) is 24.6. The third-order valence-electron chi connectivity index (χ3n) is 8.66. The van der Waals surface area contributed by atoms with Crippen molar-refractivity contribution in [1.29, 1.82) is 0 Å². The Kier molecular flexibility index (Phi) is 7.04. The van der Waals surface area contributed by atoms with Crippen LogP contribution in [0.15, 0.2) is 24.3 Å². The van der Waals surface area contributed by atoms with E-state index in [9.17, 15) is 19.5 Å². The van der Waals surface area contributed by atoms with E-state index in [0.29, 0.717) is 19.6 Å². The van der Waals surface area contributed by atoms with Crippen LogP contribution in [0.5, 0.6) is 0 Å². The van der Waals surface area contributed by atoms with Crippen LogP contribution in [-0.4, -0.2) is 82.3 Å². The van der Waals surface area contributed by atoms with Crippen LogP contribution in [-0.2, 0) is 23.9 Å². The van der Waals surface area contributed by atoms with E-state index in [0.717, 1.165) is 44.9 Å². The molecule has 0 bridgehead atoms. The number of carbonyl (C=O) groups is 3. The molecule has 4 aliphatic heterocycles. The Hall–Kier alpha value is -2.19. The van der Waals surface area contributed by atoms with Crippen LogP contribution in [0.1, 0.15) is 64.7 Å². The number of rotatable bonds is 4. The maximum atomic E-state index is 14.3. The average molecular weight is 487 g/mol. The summed E-state index contributed by atoms with van der Waals surface area (Å²) in [7, 11) is 0. The van der Waals surface area contributed by atoms with E-state index in [1.165, 1.54) is 6.42 Å². The second kappa shape index (κ2) is 10.1. The molecule has 0 aromatic rings. The van der Waals surface area contributed by atoms with E-state index in [1.54, 1.807) is 4.90 Å². The van der Waals surface area contributed by atoms with Crippen LogP contribution in [0, 0.1) is 11.8 Å². The first-order chi connectivity index (χ1) is 17.0. The molecule has 1 N–H and O–H groups in total. The number of nitrogens with zero attached hydrogens (tertiary/aromatic N) is 2. The standard InChI is InChI=1S/C27H38N2O6/c1-2-18(17-30)29-23-25(32)28(19-11-6-5-7-12-19)15-10-14-27(23)22(24(29)31)21-20(35-27)13-8-3-4-9-16-34-26(21)33/h8,10,13-14,18-23,30H,2-7,9,11-12,15-17H2,1H3/b13-8-/t18-,20+,21-,22-,23?,27-/m0/s1. The van der Waals surface area contributed by atoms with Crippen LogP contribution in [0.2, 0.25) is 0 Å². The molecule has 0 aromatic heterocycles. The summed E-state index contributed by atoms with van der Waals surface area (Å²) in [5.74, 6) is -2.55. The molecule has 3 fully saturated rings. The van der Waals surface area contributed by atoms with Gasteiger partial charge < -0.3 is 24.4 Å². The maximum absolute atomic E-state index is 14.3. The first-order valence-electron chi connectivity index (χ1n) is 13.5. The Balaban J connectivity index is 1.59. The van der Waals surface area contributed by atoms with Crippen molar-refractivity contribution in [2.75, 3.05) is 19.8 Å². The summed E-state index contributed by atoms with van der Waals surface area (Å²) in [6.07, 6.45) is 15.4. The molecule has 1 aliphatic carbocycles. The van der Waals surface area contributed by atoms with Gasteiger partial charge in [-0.05, 0) is 38.5 Å². The minimum absolute atomic E-state index is 0.133. The molecule has 6 atom stereocenters. The number of fused-ring (bicyclic) bond motifs is 2. The highest BCUT2D eigenvalue weighted by Gasteiger charge is 2.72. The highest BCUT2D eigenvalue weighted by atomic mass is 16.6. The van der Waals surface area contributed by atoms with Gasteiger partial charge in [-0.3, -0.25) is 14.4 Å². The number of cyclic esters (lactones) is 1. The van der Waals surface area contributed by atoms with Gasteiger partial charge in [-0.1, -0.05) is 50.5 Å². The van der Waals surface area contributed by atoms with Crippen molar-refractivity contribution in [3.8, 4) is 0 Å². The quantitative estimate of drug-likeness (QED) is 0.484. The van der Waals surface area contributed by atoms with Gasteiger partial charge in [0, 0.05) is 12.6 Å². The summed E-state index contributed by atoms with van der Waals surface area (Å²) < 4.78 is 12.2. The molecule has 0 radical (unpaired) electrons. The molecule has 1 spiro atoms. The fourth-order valence-electron chi connectivity index (χ4n) is 6.90. The molecule has 2 saturated heterocycles. The summed E-state index contributed by atoms with van der Waals surface area (Å²) in [5, 5.41) is 10.2. The zero-order valence-corrected chi connectivity index (χ0v) is 20.6. The van der Waals surface area contributed by atoms with Crippen LogP contribution in [0.3, 0.4) is 0 Å². The molecule has 8 heteroatoms. The lowest BCUT2D eigenvalue weighted by Gasteiger charge is -2.41. The van der Waals surface area contributed by atoms with Crippen LogP contribution < -0.4 is 0 Å². The van der Waals surface area contributed by atoms with Crippen molar-refractivity contribution >= 4 is 17.8 Å². The van der Waals surface area contributed by atoms with Gasteiger partial charge in [0.2, 0.25) is 11.8 Å². The van der Waals surface area contributed by atoms with E-state index < -0.39 is 41.6 Å². The number of hydrogen-bond donors (Lipinski definition) is 1. The van der Waals surface area contributed by atoms with Crippen molar-refractivity contribution in [1.82, 2.24) is 9.80 Å². The highest BCUT2D eigenvalue weighted by molar-refractivity contribution is 5.99. The van der Waals surface area contributed by atoms with E-state index in [-0.39, 0.29) is 24.5 Å². The van der Waals surface area contributed by atoms with Gasteiger partial charge in [-0.25, -0.2) is 0 Å². The lowest BCUT2D eigenvalue weighted by molar-refractivity contribution is -0.157. The van der Waals surface area contributed by atoms with E-state index in [4.69, 9.17) is 9.47 Å². The van der Waals surface area contributed by atoms with Crippen molar-refractivity contribution in [3.05, 3.63) is 24.3 Å². The Morgan fingerprint density at radius 2 is 1.89 bits per heavy atom. The molecule has 1 unspecified atom stereocenters. The average Bonchev–Trinajstić information content (AvgIpc) is 3.26. The molecule has 4 heterocycles. The molecule has 1 saturated carbocycles. The van der Waals surface area contributed by atoms with Gasteiger partial charge in [0.1, 0.15) is 17.6 Å². The molecule has 8 nitrogen and oxygen atoms in total. The minimum atomic E-state index is -1.26. The maximum Gasteiger partial charge on any atom is 0.312 e.